The van der Waals surface area contributed by atoms with Crippen LogP contribution in [0.1, 0.15) is 34.4 Å². The molecule has 0 fully saturated rings. The third kappa shape index (κ3) is 4.46. The number of carbonyl (C=O) groups excluding carboxylic acids is 1. The summed E-state index contributed by atoms with van der Waals surface area (Å²) in [6.45, 7) is 4.25. The summed E-state index contributed by atoms with van der Waals surface area (Å²) >= 11 is 5.94. The summed E-state index contributed by atoms with van der Waals surface area (Å²) in [4.78, 5) is 12.3. The molecule has 26 heavy (non-hydrogen) atoms. The van der Waals surface area contributed by atoms with E-state index in [4.69, 9.17) is 20.8 Å². The highest BCUT2D eigenvalue weighted by atomic mass is 35.5. The Labute approximate surface area is 157 Å². The van der Waals surface area contributed by atoms with Gasteiger partial charge in [0.05, 0.1) is 0 Å². The second kappa shape index (κ2) is 8.11. The molecule has 1 heterocycles. The maximum absolute atomic E-state index is 12.3. The fourth-order valence-corrected chi connectivity index (χ4v) is 2.74. The standard InChI is InChI=1S/C21H20ClNO3/c1-3-15-4-7-17(8-5-15)23-21(24)20-11-9-18(26-20)13-25-19-10-6-16(22)12-14(19)2/h4-12H,3,13H2,1-2H3,(H,23,24). The van der Waals surface area contributed by atoms with Gasteiger partial charge in [0.2, 0.25) is 0 Å². The number of halogens is 1. The van der Waals surface area contributed by atoms with Crippen molar-refractivity contribution in [2.24, 2.45) is 0 Å². The minimum atomic E-state index is -0.289. The van der Waals surface area contributed by atoms with Crippen LogP contribution in [-0.2, 0) is 13.0 Å². The summed E-state index contributed by atoms with van der Waals surface area (Å²) < 4.78 is 11.3. The van der Waals surface area contributed by atoms with Crippen LogP contribution in [0.3, 0.4) is 0 Å². The zero-order valence-corrected chi connectivity index (χ0v) is 15.5. The summed E-state index contributed by atoms with van der Waals surface area (Å²) in [5.41, 5.74) is 2.90. The van der Waals surface area contributed by atoms with Gasteiger partial charge < -0.3 is 14.5 Å². The molecule has 3 rings (SSSR count). The molecular weight excluding hydrogens is 350 g/mol. The molecular formula is C21H20ClNO3. The Kier molecular flexibility index (Phi) is 5.64. The molecule has 0 bridgehead atoms. The number of hydrogen-bond donors (Lipinski definition) is 1. The van der Waals surface area contributed by atoms with E-state index in [9.17, 15) is 4.79 Å². The zero-order chi connectivity index (χ0) is 18.5. The minimum absolute atomic E-state index is 0.237. The average Bonchev–Trinajstić information content (AvgIpc) is 3.11. The van der Waals surface area contributed by atoms with Crippen LogP contribution >= 0.6 is 11.6 Å². The van der Waals surface area contributed by atoms with Gasteiger partial charge in [-0.2, -0.15) is 0 Å². The van der Waals surface area contributed by atoms with Crippen LogP contribution < -0.4 is 10.1 Å². The van der Waals surface area contributed by atoms with Crippen molar-refractivity contribution in [3.8, 4) is 5.75 Å². The van der Waals surface area contributed by atoms with Crippen LogP contribution in [-0.4, -0.2) is 5.91 Å². The predicted molar refractivity (Wildman–Crippen MR) is 103 cm³/mol. The number of ether oxygens (including phenoxy) is 1. The molecule has 2 aromatic carbocycles. The number of nitrogens with one attached hydrogen (secondary N) is 1. The van der Waals surface area contributed by atoms with Crippen LogP contribution in [0.15, 0.2) is 59.0 Å². The molecule has 1 N–H and O–H groups in total. The van der Waals surface area contributed by atoms with E-state index < -0.39 is 0 Å². The number of benzene rings is 2. The molecule has 1 amide bonds. The predicted octanol–water partition coefficient (Wildman–Crippen LogP) is 5.64. The lowest BCUT2D eigenvalue weighted by molar-refractivity contribution is 0.0992. The monoisotopic (exact) mass is 369 g/mol. The number of anilines is 1. The van der Waals surface area contributed by atoms with Crippen molar-refractivity contribution >= 4 is 23.2 Å². The van der Waals surface area contributed by atoms with E-state index in [0.29, 0.717) is 10.8 Å². The van der Waals surface area contributed by atoms with Gasteiger partial charge in [0.1, 0.15) is 18.1 Å². The van der Waals surface area contributed by atoms with E-state index in [1.807, 2.05) is 43.3 Å². The molecule has 0 saturated heterocycles. The van der Waals surface area contributed by atoms with Crippen LogP contribution in [0, 0.1) is 6.92 Å². The number of aryl methyl sites for hydroxylation is 2. The first-order chi connectivity index (χ1) is 12.5. The Bertz CT molecular complexity index is 900. The third-order valence-corrected chi connectivity index (χ3v) is 4.25. The fourth-order valence-electron chi connectivity index (χ4n) is 2.52. The molecule has 0 aliphatic heterocycles. The number of hydrogen-bond acceptors (Lipinski definition) is 3. The zero-order valence-electron chi connectivity index (χ0n) is 14.7. The maximum atomic E-state index is 12.3. The van der Waals surface area contributed by atoms with Gasteiger partial charge in [0.15, 0.2) is 5.76 Å². The molecule has 3 aromatic rings. The number of amides is 1. The normalized spacial score (nSPS) is 10.6. The van der Waals surface area contributed by atoms with Crippen molar-refractivity contribution in [1.82, 2.24) is 0 Å². The van der Waals surface area contributed by atoms with Crippen LogP contribution in [0.5, 0.6) is 5.75 Å². The van der Waals surface area contributed by atoms with Crippen molar-refractivity contribution in [2.45, 2.75) is 26.9 Å². The van der Waals surface area contributed by atoms with E-state index in [1.165, 1.54) is 5.56 Å². The van der Waals surface area contributed by atoms with Gasteiger partial charge in [0.25, 0.3) is 5.91 Å². The topological polar surface area (TPSA) is 51.5 Å². The van der Waals surface area contributed by atoms with Crippen LogP contribution in [0.25, 0.3) is 0 Å². The van der Waals surface area contributed by atoms with Crippen molar-refractivity contribution in [3.63, 3.8) is 0 Å². The molecule has 4 nitrogen and oxygen atoms in total. The highest BCUT2D eigenvalue weighted by Crippen LogP contribution is 2.23. The Hall–Kier alpha value is -2.72. The van der Waals surface area contributed by atoms with E-state index >= 15 is 0 Å². The highest BCUT2D eigenvalue weighted by Gasteiger charge is 2.12. The SMILES string of the molecule is CCc1ccc(NC(=O)c2ccc(COc3ccc(Cl)cc3C)o2)cc1. The first kappa shape index (κ1) is 18.1. The van der Waals surface area contributed by atoms with Crippen molar-refractivity contribution in [1.29, 1.82) is 0 Å². The molecule has 0 radical (unpaired) electrons. The highest BCUT2D eigenvalue weighted by molar-refractivity contribution is 6.30. The Balaban J connectivity index is 1.60. The second-order valence-electron chi connectivity index (χ2n) is 5.97. The fraction of sp³-hybridized carbons (Fsp3) is 0.190. The Morgan fingerprint density at radius 1 is 1.12 bits per heavy atom. The van der Waals surface area contributed by atoms with Gasteiger partial charge in [-0.05, 0) is 66.9 Å². The van der Waals surface area contributed by atoms with Gasteiger partial charge in [-0.25, -0.2) is 0 Å². The van der Waals surface area contributed by atoms with Gasteiger partial charge in [-0.15, -0.1) is 0 Å². The van der Waals surface area contributed by atoms with E-state index in [2.05, 4.69) is 12.2 Å². The molecule has 1 aromatic heterocycles. The van der Waals surface area contributed by atoms with Crippen molar-refractivity contribution < 1.29 is 13.9 Å². The number of rotatable bonds is 6. The molecule has 0 aliphatic carbocycles. The molecule has 0 saturated carbocycles. The van der Waals surface area contributed by atoms with Gasteiger partial charge in [-0.1, -0.05) is 30.7 Å². The first-order valence-electron chi connectivity index (χ1n) is 8.43. The lowest BCUT2D eigenvalue weighted by Gasteiger charge is -2.08. The van der Waals surface area contributed by atoms with Gasteiger partial charge in [0, 0.05) is 10.7 Å². The maximum Gasteiger partial charge on any atom is 0.291 e. The van der Waals surface area contributed by atoms with Crippen LogP contribution in [0.4, 0.5) is 5.69 Å². The quantitative estimate of drug-likeness (QED) is 0.612. The van der Waals surface area contributed by atoms with Crippen molar-refractivity contribution in [2.75, 3.05) is 5.32 Å². The molecule has 0 unspecified atom stereocenters. The second-order valence-corrected chi connectivity index (χ2v) is 6.41. The lowest BCUT2D eigenvalue weighted by Crippen LogP contribution is -2.10. The average molecular weight is 370 g/mol. The first-order valence-corrected chi connectivity index (χ1v) is 8.81. The number of carbonyl (C=O) groups is 1. The van der Waals surface area contributed by atoms with Crippen molar-refractivity contribution in [3.05, 3.63) is 82.3 Å². The Morgan fingerprint density at radius 3 is 2.58 bits per heavy atom. The van der Waals surface area contributed by atoms with E-state index in [1.54, 1.807) is 18.2 Å². The minimum Gasteiger partial charge on any atom is -0.485 e. The molecule has 0 spiro atoms. The summed E-state index contributed by atoms with van der Waals surface area (Å²) in [5.74, 6) is 1.26. The molecule has 0 aliphatic rings. The summed E-state index contributed by atoms with van der Waals surface area (Å²) in [7, 11) is 0. The summed E-state index contributed by atoms with van der Waals surface area (Å²) in [6, 6.07) is 16.5. The molecule has 5 heteroatoms. The summed E-state index contributed by atoms with van der Waals surface area (Å²) in [6.07, 6.45) is 0.961. The molecule has 0 atom stereocenters. The molecule has 134 valence electrons. The van der Waals surface area contributed by atoms with Crippen LogP contribution in [0.2, 0.25) is 5.02 Å². The third-order valence-electron chi connectivity index (χ3n) is 4.01. The van der Waals surface area contributed by atoms with Gasteiger partial charge >= 0.3 is 0 Å². The van der Waals surface area contributed by atoms with Gasteiger partial charge in [-0.3, -0.25) is 4.79 Å². The Morgan fingerprint density at radius 2 is 1.88 bits per heavy atom. The van der Waals surface area contributed by atoms with E-state index in [-0.39, 0.29) is 18.3 Å². The lowest BCUT2D eigenvalue weighted by atomic mass is 10.1. The largest absolute Gasteiger partial charge is 0.485 e. The summed E-state index contributed by atoms with van der Waals surface area (Å²) in [5, 5.41) is 3.49. The number of furan rings is 1. The van der Waals surface area contributed by atoms with E-state index in [0.717, 1.165) is 23.4 Å². The smallest absolute Gasteiger partial charge is 0.291 e.